The summed E-state index contributed by atoms with van der Waals surface area (Å²) < 4.78 is 11.7. The van der Waals surface area contributed by atoms with Gasteiger partial charge in [0.2, 0.25) is 0 Å². The van der Waals surface area contributed by atoms with Crippen LogP contribution in [-0.4, -0.2) is 31.1 Å². The first-order valence-corrected chi connectivity index (χ1v) is 5.10. The third kappa shape index (κ3) is 1.93. The third-order valence-electron chi connectivity index (χ3n) is 2.99. The van der Waals surface area contributed by atoms with Crippen molar-refractivity contribution in [3.63, 3.8) is 0 Å². The van der Waals surface area contributed by atoms with Crippen LogP contribution in [0.3, 0.4) is 0 Å². The Morgan fingerprint density at radius 1 is 1.07 bits per heavy atom. The maximum Gasteiger partial charge on any atom is 0.171 e. The van der Waals surface area contributed by atoms with Crippen molar-refractivity contribution in [1.29, 1.82) is 0 Å². The molecule has 1 fully saturated rings. The van der Waals surface area contributed by atoms with Crippen LogP contribution >= 0.6 is 0 Å². The summed E-state index contributed by atoms with van der Waals surface area (Å²) in [5.74, 6) is -0.582. The number of hydrogen-bond donors (Lipinski definition) is 2. The van der Waals surface area contributed by atoms with Gasteiger partial charge in [-0.25, -0.2) is 0 Å². The van der Waals surface area contributed by atoms with Gasteiger partial charge in [-0.15, -0.1) is 0 Å². The molecule has 14 heavy (non-hydrogen) atoms. The van der Waals surface area contributed by atoms with Crippen molar-refractivity contribution < 1.29 is 9.47 Å². The first-order chi connectivity index (χ1) is 6.34. The van der Waals surface area contributed by atoms with Crippen molar-refractivity contribution in [2.24, 2.45) is 16.9 Å². The lowest BCUT2D eigenvalue weighted by Gasteiger charge is -2.36. The molecule has 2 atom stereocenters. The molecule has 0 aromatic rings. The molecular formula is C10H22N2O2. The second-order valence-electron chi connectivity index (χ2n) is 4.98. The second-order valence-corrected chi connectivity index (χ2v) is 4.98. The van der Waals surface area contributed by atoms with E-state index in [1.165, 1.54) is 0 Å². The zero-order valence-corrected chi connectivity index (χ0v) is 9.54. The van der Waals surface area contributed by atoms with E-state index in [4.69, 9.17) is 20.9 Å². The lowest BCUT2D eigenvalue weighted by molar-refractivity contribution is -0.222. The topological polar surface area (TPSA) is 70.5 Å². The molecule has 84 valence electrons. The standard InChI is InChI=1S/C10H22N2O2/c1-9(2,3)10(4)13-7(5-11)8(6-12)14-10/h7-8H,5-6,11-12H2,1-4H3/t7-,8-/m0/s1. The SMILES string of the molecule is CC(C)(C)C1(C)O[C@@H](CN)[C@H](CN)O1. The van der Waals surface area contributed by atoms with Gasteiger partial charge in [-0.2, -0.15) is 0 Å². The molecular weight excluding hydrogens is 180 g/mol. The molecule has 1 aliphatic heterocycles. The second kappa shape index (κ2) is 3.77. The number of ether oxygens (including phenoxy) is 2. The molecule has 0 amide bonds. The quantitative estimate of drug-likeness (QED) is 0.682. The third-order valence-corrected chi connectivity index (χ3v) is 2.99. The molecule has 0 bridgehead atoms. The van der Waals surface area contributed by atoms with E-state index in [9.17, 15) is 0 Å². The Hall–Kier alpha value is -0.160. The van der Waals surface area contributed by atoms with E-state index in [2.05, 4.69) is 20.8 Å². The fourth-order valence-electron chi connectivity index (χ4n) is 1.51. The maximum atomic E-state index is 5.84. The summed E-state index contributed by atoms with van der Waals surface area (Å²) in [6.07, 6.45) is -0.159. The molecule has 0 aliphatic carbocycles. The van der Waals surface area contributed by atoms with Gasteiger partial charge in [0.1, 0.15) is 12.2 Å². The highest BCUT2D eigenvalue weighted by molar-refractivity contribution is 4.91. The van der Waals surface area contributed by atoms with E-state index in [1.54, 1.807) is 0 Å². The Labute approximate surface area is 85.9 Å². The summed E-state index contributed by atoms with van der Waals surface area (Å²) >= 11 is 0. The Kier molecular flexibility index (Phi) is 3.21. The molecule has 0 spiro atoms. The van der Waals surface area contributed by atoms with Crippen molar-refractivity contribution >= 4 is 0 Å². The molecule has 0 radical (unpaired) electrons. The first kappa shape index (κ1) is 11.9. The van der Waals surface area contributed by atoms with Gasteiger partial charge >= 0.3 is 0 Å². The molecule has 0 unspecified atom stereocenters. The summed E-state index contributed by atoms with van der Waals surface area (Å²) in [5, 5.41) is 0. The predicted octanol–water partition coefficient (Wildman–Crippen LogP) is 0.450. The van der Waals surface area contributed by atoms with E-state index >= 15 is 0 Å². The van der Waals surface area contributed by atoms with E-state index in [-0.39, 0.29) is 17.6 Å². The van der Waals surface area contributed by atoms with E-state index in [0.717, 1.165) is 0 Å². The predicted molar refractivity (Wildman–Crippen MR) is 55.7 cm³/mol. The smallest absolute Gasteiger partial charge is 0.171 e. The van der Waals surface area contributed by atoms with Crippen LogP contribution in [-0.2, 0) is 9.47 Å². The van der Waals surface area contributed by atoms with Crippen LogP contribution < -0.4 is 11.5 Å². The molecule has 1 rings (SSSR count). The van der Waals surface area contributed by atoms with Crippen molar-refractivity contribution in [3.8, 4) is 0 Å². The molecule has 4 nitrogen and oxygen atoms in total. The number of nitrogens with two attached hydrogens (primary N) is 2. The van der Waals surface area contributed by atoms with Crippen molar-refractivity contribution in [3.05, 3.63) is 0 Å². The van der Waals surface area contributed by atoms with Crippen LogP contribution in [0.1, 0.15) is 27.7 Å². The Bertz CT molecular complexity index is 189. The molecule has 0 aromatic carbocycles. The molecule has 0 aromatic heterocycles. The highest BCUT2D eigenvalue weighted by Gasteiger charge is 2.50. The van der Waals surface area contributed by atoms with Gasteiger partial charge in [-0.3, -0.25) is 0 Å². The van der Waals surface area contributed by atoms with E-state index in [0.29, 0.717) is 13.1 Å². The van der Waals surface area contributed by atoms with Gasteiger partial charge in [-0.1, -0.05) is 20.8 Å². The minimum absolute atomic E-state index is 0.0790. The molecule has 1 saturated heterocycles. The Morgan fingerprint density at radius 2 is 1.43 bits per heavy atom. The monoisotopic (exact) mass is 202 g/mol. The van der Waals surface area contributed by atoms with Crippen LogP contribution in [0, 0.1) is 5.41 Å². The zero-order valence-electron chi connectivity index (χ0n) is 9.54. The zero-order chi connectivity index (χ0) is 11.0. The van der Waals surface area contributed by atoms with Gasteiger partial charge in [-0.05, 0) is 6.92 Å². The van der Waals surface area contributed by atoms with Crippen molar-refractivity contribution in [2.75, 3.05) is 13.1 Å². The fourth-order valence-corrected chi connectivity index (χ4v) is 1.51. The summed E-state index contributed by atoms with van der Waals surface area (Å²) in [6.45, 7) is 9.10. The Balaban J connectivity index is 2.78. The first-order valence-electron chi connectivity index (χ1n) is 5.10. The van der Waals surface area contributed by atoms with Crippen LogP contribution in [0.25, 0.3) is 0 Å². The highest BCUT2D eigenvalue weighted by Crippen LogP contribution is 2.41. The molecule has 0 saturated carbocycles. The lowest BCUT2D eigenvalue weighted by atomic mass is 9.87. The normalized spacial score (nSPS) is 32.1. The van der Waals surface area contributed by atoms with Crippen LogP contribution in [0.5, 0.6) is 0 Å². The number of rotatable bonds is 2. The summed E-state index contributed by atoms with van der Waals surface area (Å²) in [7, 11) is 0. The largest absolute Gasteiger partial charge is 0.342 e. The molecule has 1 heterocycles. The maximum absolute atomic E-state index is 5.84. The van der Waals surface area contributed by atoms with E-state index < -0.39 is 5.79 Å². The van der Waals surface area contributed by atoms with Crippen LogP contribution in [0.2, 0.25) is 0 Å². The average molecular weight is 202 g/mol. The van der Waals surface area contributed by atoms with Gasteiger partial charge in [0, 0.05) is 18.5 Å². The fraction of sp³-hybridized carbons (Fsp3) is 1.00. The van der Waals surface area contributed by atoms with Crippen LogP contribution in [0.15, 0.2) is 0 Å². The van der Waals surface area contributed by atoms with Gasteiger partial charge in [0.05, 0.1) is 0 Å². The van der Waals surface area contributed by atoms with Gasteiger partial charge in [0.15, 0.2) is 5.79 Å². The minimum Gasteiger partial charge on any atom is -0.342 e. The van der Waals surface area contributed by atoms with Crippen LogP contribution in [0.4, 0.5) is 0 Å². The number of hydrogen-bond acceptors (Lipinski definition) is 4. The van der Waals surface area contributed by atoms with Crippen molar-refractivity contribution in [1.82, 2.24) is 0 Å². The molecule has 4 N–H and O–H groups in total. The summed E-state index contributed by atoms with van der Waals surface area (Å²) in [5.41, 5.74) is 11.1. The lowest BCUT2D eigenvalue weighted by Crippen LogP contribution is -2.42. The minimum atomic E-state index is -0.582. The summed E-state index contributed by atoms with van der Waals surface area (Å²) in [6, 6.07) is 0. The molecule has 4 heteroatoms. The summed E-state index contributed by atoms with van der Waals surface area (Å²) in [4.78, 5) is 0. The molecule has 1 aliphatic rings. The van der Waals surface area contributed by atoms with E-state index in [1.807, 2.05) is 6.92 Å². The Morgan fingerprint density at radius 3 is 1.64 bits per heavy atom. The van der Waals surface area contributed by atoms with Gasteiger partial charge in [0.25, 0.3) is 0 Å². The average Bonchev–Trinajstić information content (AvgIpc) is 2.42. The van der Waals surface area contributed by atoms with Gasteiger partial charge < -0.3 is 20.9 Å². The van der Waals surface area contributed by atoms with Crippen molar-refractivity contribution in [2.45, 2.75) is 45.7 Å². The highest BCUT2D eigenvalue weighted by atomic mass is 16.8.